The van der Waals surface area contributed by atoms with Gasteiger partial charge in [0, 0.05) is 30.2 Å². The second-order valence-corrected chi connectivity index (χ2v) is 7.73. The number of nitrogens with zero attached hydrogens (tertiary/aromatic N) is 3. The normalized spacial score (nSPS) is 10.7. The molecule has 0 spiro atoms. The van der Waals surface area contributed by atoms with E-state index in [0.29, 0.717) is 15.9 Å². The molecule has 0 N–H and O–H groups in total. The van der Waals surface area contributed by atoms with Crippen molar-refractivity contribution in [2.75, 3.05) is 4.90 Å². The summed E-state index contributed by atoms with van der Waals surface area (Å²) in [6.07, 6.45) is 1.48. The van der Waals surface area contributed by atoms with Crippen molar-refractivity contribution in [2.45, 2.75) is 31.6 Å². The van der Waals surface area contributed by atoms with Gasteiger partial charge in [-0.05, 0) is 54.9 Å². The van der Waals surface area contributed by atoms with E-state index >= 15 is 0 Å². The van der Waals surface area contributed by atoms with E-state index in [4.69, 9.17) is 0 Å². The number of rotatable bonds is 5. The predicted molar refractivity (Wildman–Crippen MR) is 106 cm³/mol. The van der Waals surface area contributed by atoms with Crippen molar-refractivity contribution in [3.8, 4) is 0 Å². The van der Waals surface area contributed by atoms with Crippen LogP contribution in [0.3, 0.4) is 0 Å². The molecule has 0 radical (unpaired) electrons. The first kappa shape index (κ1) is 18.4. The number of anilines is 2. The fourth-order valence-corrected chi connectivity index (χ4v) is 4.23. The lowest BCUT2D eigenvalue weighted by Crippen LogP contribution is -2.27. The number of benzene rings is 1. The molecule has 2 heterocycles. The third kappa shape index (κ3) is 4.05. The van der Waals surface area contributed by atoms with Crippen molar-refractivity contribution in [1.82, 2.24) is 4.98 Å². The van der Waals surface area contributed by atoms with Gasteiger partial charge in [0.25, 0.3) is 5.03 Å². The van der Waals surface area contributed by atoms with Gasteiger partial charge >= 0.3 is 0 Å². The highest BCUT2D eigenvalue weighted by Crippen LogP contribution is 2.31. The summed E-state index contributed by atoms with van der Waals surface area (Å²) in [6.45, 7) is 5.61. The number of aromatic nitrogens is 2. The molecule has 3 rings (SSSR count). The molecule has 0 aliphatic heterocycles. The second kappa shape index (κ2) is 7.88. The Morgan fingerprint density at radius 3 is 2.77 bits per heavy atom. The van der Waals surface area contributed by atoms with Gasteiger partial charge in [-0.15, -0.1) is 11.3 Å². The molecular formula is C19H19N3O2S2. The van der Waals surface area contributed by atoms with Crippen molar-refractivity contribution in [2.24, 2.45) is 0 Å². The van der Waals surface area contributed by atoms with Gasteiger partial charge in [-0.25, -0.2) is 4.98 Å². The largest absolute Gasteiger partial charge is 0.618 e. The molecule has 0 fully saturated rings. The van der Waals surface area contributed by atoms with E-state index in [1.807, 2.05) is 43.5 Å². The minimum Gasteiger partial charge on any atom is -0.618 e. The van der Waals surface area contributed by atoms with Crippen LogP contribution in [0.25, 0.3) is 0 Å². The number of amides is 1. The second-order valence-electron chi connectivity index (χ2n) is 5.90. The smallest absolute Gasteiger partial charge is 0.251 e. The highest BCUT2D eigenvalue weighted by atomic mass is 32.2. The summed E-state index contributed by atoms with van der Waals surface area (Å²) in [4.78, 5) is 18.4. The predicted octanol–water partition coefficient (Wildman–Crippen LogP) is 4.37. The lowest BCUT2D eigenvalue weighted by molar-refractivity contribution is -0.645. The standard InChI is InChI=1S/C19H19N3O2S2/c1-13-7-8-17(10-14(13)2)22(15(3)23)19-20-16(12-26-19)11-25-18-6-4-5-9-21(18)24/h4-10,12H,11H2,1-3H3. The van der Waals surface area contributed by atoms with E-state index in [1.54, 1.807) is 17.0 Å². The number of carbonyl (C=O) groups excluding carboxylic acids is 1. The molecule has 0 atom stereocenters. The monoisotopic (exact) mass is 385 g/mol. The van der Waals surface area contributed by atoms with Crippen LogP contribution in [0.4, 0.5) is 10.8 Å². The zero-order valence-corrected chi connectivity index (χ0v) is 16.4. The van der Waals surface area contributed by atoms with Crippen molar-refractivity contribution >= 4 is 39.8 Å². The van der Waals surface area contributed by atoms with E-state index in [2.05, 4.69) is 4.98 Å². The number of carbonyl (C=O) groups is 1. The van der Waals surface area contributed by atoms with Crippen molar-refractivity contribution < 1.29 is 9.52 Å². The summed E-state index contributed by atoms with van der Waals surface area (Å²) in [7, 11) is 0. The molecule has 2 aromatic heterocycles. The molecule has 134 valence electrons. The molecular weight excluding hydrogens is 366 g/mol. The molecule has 7 heteroatoms. The molecule has 5 nitrogen and oxygen atoms in total. The van der Waals surface area contributed by atoms with E-state index < -0.39 is 0 Å². The highest BCUT2D eigenvalue weighted by molar-refractivity contribution is 7.98. The SMILES string of the molecule is CC(=O)N(c1ccc(C)c(C)c1)c1nc(CSc2cccc[n+]2[O-])cs1. The highest BCUT2D eigenvalue weighted by Gasteiger charge is 2.19. The molecule has 3 aromatic rings. The quantitative estimate of drug-likeness (QED) is 0.372. The van der Waals surface area contributed by atoms with Crippen LogP contribution in [0.5, 0.6) is 0 Å². The molecule has 1 aromatic carbocycles. The lowest BCUT2D eigenvalue weighted by atomic mass is 10.1. The van der Waals surface area contributed by atoms with Gasteiger partial charge in [-0.1, -0.05) is 6.07 Å². The summed E-state index contributed by atoms with van der Waals surface area (Å²) < 4.78 is 0.842. The fourth-order valence-electron chi connectivity index (χ4n) is 2.43. The molecule has 0 saturated carbocycles. The van der Waals surface area contributed by atoms with Crippen LogP contribution < -0.4 is 9.63 Å². The summed E-state index contributed by atoms with van der Waals surface area (Å²) in [6, 6.07) is 11.3. The first-order valence-corrected chi connectivity index (χ1v) is 9.95. The van der Waals surface area contributed by atoms with Gasteiger partial charge in [-0.2, -0.15) is 4.73 Å². The van der Waals surface area contributed by atoms with Gasteiger partial charge in [0.1, 0.15) is 0 Å². The van der Waals surface area contributed by atoms with Crippen LogP contribution in [-0.4, -0.2) is 10.9 Å². The maximum Gasteiger partial charge on any atom is 0.251 e. The number of hydrogen-bond donors (Lipinski definition) is 0. The van der Waals surface area contributed by atoms with Crippen LogP contribution in [0.15, 0.2) is 53.0 Å². The maximum absolute atomic E-state index is 12.2. The van der Waals surface area contributed by atoms with E-state index in [1.165, 1.54) is 41.8 Å². The van der Waals surface area contributed by atoms with E-state index in [-0.39, 0.29) is 5.91 Å². The summed E-state index contributed by atoms with van der Waals surface area (Å²) in [5, 5.41) is 14.9. The van der Waals surface area contributed by atoms with Crippen molar-refractivity contribution in [3.05, 3.63) is 70.0 Å². The molecule has 0 aliphatic rings. The summed E-state index contributed by atoms with van der Waals surface area (Å²) in [5.74, 6) is 0.490. The number of hydrogen-bond acceptors (Lipinski definition) is 5. The van der Waals surface area contributed by atoms with Crippen LogP contribution in [-0.2, 0) is 10.5 Å². The number of aryl methyl sites for hydroxylation is 2. The third-order valence-electron chi connectivity index (χ3n) is 3.95. The zero-order valence-electron chi connectivity index (χ0n) is 14.8. The van der Waals surface area contributed by atoms with Crippen LogP contribution in [0.2, 0.25) is 0 Å². The number of pyridine rings is 1. The topological polar surface area (TPSA) is 60.1 Å². The van der Waals surface area contributed by atoms with Crippen molar-refractivity contribution in [1.29, 1.82) is 0 Å². The van der Waals surface area contributed by atoms with Gasteiger partial charge < -0.3 is 5.21 Å². The number of thioether (sulfide) groups is 1. The van der Waals surface area contributed by atoms with Gasteiger partial charge in [-0.3, -0.25) is 9.69 Å². The lowest BCUT2D eigenvalue weighted by Gasteiger charge is -2.19. The maximum atomic E-state index is 12.2. The summed E-state index contributed by atoms with van der Waals surface area (Å²) >= 11 is 2.85. The molecule has 0 saturated heterocycles. The Kier molecular flexibility index (Phi) is 5.58. The minimum absolute atomic E-state index is 0.0812. The Balaban J connectivity index is 1.80. The third-order valence-corrected chi connectivity index (χ3v) is 5.88. The Labute approximate surface area is 160 Å². The van der Waals surface area contributed by atoms with Crippen molar-refractivity contribution in [3.63, 3.8) is 0 Å². The Bertz CT molecular complexity index is 940. The summed E-state index contributed by atoms with van der Waals surface area (Å²) in [5.41, 5.74) is 3.97. The minimum atomic E-state index is -0.0812. The fraction of sp³-hybridized carbons (Fsp3) is 0.211. The molecule has 0 unspecified atom stereocenters. The van der Waals surface area contributed by atoms with E-state index in [9.17, 15) is 10.0 Å². The average molecular weight is 386 g/mol. The molecule has 0 bridgehead atoms. The first-order valence-electron chi connectivity index (χ1n) is 8.09. The number of thiazole rings is 1. The molecule has 1 amide bonds. The van der Waals surface area contributed by atoms with Crippen LogP contribution >= 0.6 is 23.1 Å². The Morgan fingerprint density at radius 1 is 1.27 bits per heavy atom. The molecule has 0 aliphatic carbocycles. The molecule has 26 heavy (non-hydrogen) atoms. The first-order chi connectivity index (χ1) is 12.5. The zero-order chi connectivity index (χ0) is 18.7. The Hall–Kier alpha value is -2.38. The van der Waals surface area contributed by atoms with E-state index in [0.717, 1.165) is 21.7 Å². The van der Waals surface area contributed by atoms with Gasteiger partial charge in [0.15, 0.2) is 11.3 Å². The van der Waals surface area contributed by atoms with Gasteiger partial charge in [0.2, 0.25) is 5.91 Å². The van der Waals surface area contributed by atoms with Gasteiger partial charge in [0.05, 0.1) is 11.4 Å². The average Bonchev–Trinajstić information content (AvgIpc) is 3.05. The van der Waals surface area contributed by atoms with Crippen LogP contribution in [0, 0.1) is 19.1 Å². The van der Waals surface area contributed by atoms with Crippen LogP contribution in [0.1, 0.15) is 23.7 Å². The Morgan fingerprint density at radius 2 is 2.08 bits per heavy atom.